The standard InChI is InChI=1S/C14H17NS/c1-3-4-10-16-13-7-5-6-12-9-8-11(2)15-14(12)13/h5-9H,3-4,10H2,1-2H3. The lowest BCUT2D eigenvalue weighted by Gasteiger charge is -2.05. The summed E-state index contributed by atoms with van der Waals surface area (Å²) in [4.78, 5) is 5.95. The van der Waals surface area contributed by atoms with Crippen LogP contribution in [-0.2, 0) is 0 Å². The van der Waals surface area contributed by atoms with E-state index >= 15 is 0 Å². The minimum absolute atomic E-state index is 1.09. The molecule has 0 spiro atoms. The number of hydrogen-bond acceptors (Lipinski definition) is 2. The molecule has 84 valence electrons. The van der Waals surface area contributed by atoms with Crippen molar-refractivity contribution in [2.75, 3.05) is 5.75 Å². The molecule has 0 fully saturated rings. The molecule has 1 aromatic carbocycles. The minimum atomic E-state index is 1.09. The molecule has 0 bridgehead atoms. The lowest BCUT2D eigenvalue weighted by Crippen LogP contribution is -1.86. The largest absolute Gasteiger partial charge is 0.252 e. The van der Waals surface area contributed by atoms with Gasteiger partial charge in [-0.05, 0) is 31.2 Å². The third-order valence-corrected chi connectivity index (χ3v) is 3.71. The van der Waals surface area contributed by atoms with E-state index < -0.39 is 0 Å². The van der Waals surface area contributed by atoms with Gasteiger partial charge >= 0.3 is 0 Å². The molecule has 0 amide bonds. The summed E-state index contributed by atoms with van der Waals surface area (Å²) in [7, 11) is 0. The third kappa shape index (κ3) is 2.56. The Labute approximate surface area is 101 Å². The van der Waals surface area contributed by atoms with E-state index in [9.17, 15) is 0 Å². The summed E-state index contributed by atoms with van der Waals surface area (Å²) in [5.74, 6) is 1.19. The molecule has 0 aliphatic rings. The van der Waals surface area contributed by atoms with Crippen molar-refractivity contribution in [2.24, 2.45) is 0 Å². The Morgan fingerprint density at radius 1 is 1.19 bits per heavy atom. The number of thioether (sulfide) groups is 1. The van der Waals surface area contributed by atoms with Crippen LogP contribution in [0, 0.1) is 6.92 Å². The third-order valence-electron chi connectivity index (χ3n) is 2.58. The zero-order valence-corrected chi connectivity index (χ0v) is 10.7. The maximum Gasteiger partial charge on any atom is 0.0840 e. The van der Waals surface area contributed by atoms with Gasteiger partial charge in [-0.1, -0.05) is 31.5 Å². The van der Waals surface area contributed by atoms with E-state index in [2.05, 4.69) is 42.2 Å². The Bertz CT molecular complexity index is 479. The molecule has 1 nitrogen and oxygen atoms in total. The smallest absolute Gasteiger partial charge is 0.0840 e. The SMILES string of the molecule is CCCCSc1cccc2ccc(C)nc12. The molecule has 1 heterocycles. The molecular weight excluding hydrogens is 214 g/mol. The van der Waals surface area contributed by atoms with E-state index in [1.54, 1.807) is 0 Å². The molecular formula is C14H17NS. The average molecular weight is 231 g/mol. The molecule has 0 radical (unpaired) electrons. The number of pyridine rings is 1. The first-order chi connectivity index (χ1) is 7.81. The lowest BCUT2D eigenvalue weighted by atomic mass is 10.2. The van der Waals surface area contributed by atoms with Gasteiger partial charge in [0.15, 0.2) is 0 Å². The number of benzene rings is 1. The molecule has 2 rings (SSSR count). The first-order valence-electron chi connectivity index (χ1n) is 5.80. The van der Waals surface area contributed by atoms with Gasteiger partial charge in [0.25, 0.3) is 0 Å². The summed E-state index contributed by atoms with van der Waals surface area (Å²) < 4.78 is 0. The van der Waals surface area contributed by atoms with E-state index in [-0.39, 0.29) is 0 Å². The predicted octanol–water partition coefficient (Wildman–Crippen LogP) is 4.44. The molecule has 2 heteroatoms. The van der Waals surface area contributed by atoms with Crippen LogP contribution in [0.15, 0.2) is 35.2 Å². The summed E-state index contributed by atoms with van der Waals surface area (Å²) in [5, 5.41) is 1.24. The molecule has 0 unspecified atom stereocenters. The van der Waals surface area contributed by atoms with Gasteiger partial charge in [-0.15, -0.1) is 11.8 Å². The van der Waals surface area contributed by atoms with Gasteiger partial charge in [0.1, 0.15) is 0 Å². The van der Waals surface area contributed by atoms with Crippen molar-refractivity contribution in [3.8, 4) is 0 Å². The van der Waals surface area contributed by atoms with Crippen LogP contribution in [0.5, 0.6) is 0 Å². The summed E-state index contributed by atoms with van der Waals surface area (Å²) in [6.45, 7) is 4.28. The number of hydrogen-bond donors (Lipinski definition) is 0. The van der Waals surface area contributed by atoms with Crippen LogP contribution in [0.1, 0.15) is 25.5 Å². The van der Waals surface area contributed by atoms with E-state index in [0.29, 0.717) is 0 Å². The van der Waals surface area contributed by atoms with Crippen molar-refractivity contribution in [1.82, 2.24) is 4.98 Å². The van der Waals surface area contributed by atoms with E-state index in [0.717, 1.165) is 11.2 Å². The predicted molar refractivity (Wildman–Crippen MR) is 72.1 cm³/mol. The molecule has 0 N–H and O–H groups in total. The van der Waals surface area contributed by atoms with E-state index in [1.165, 1.54) is 28.9 Å². The Kier molecular flexibility index (Phi) is 3.83. The van der Waals surface area contributed by atoms with Crippen molar-refractivity contribution in [3.05, 3.63) is 36.0 Å². The lowest BCUT2D eigenvalue weighted by molar-refractivity contribution is 0.896. The molecule has 0 atom stereocenters. The number of unbranched alkanes of at least 4 members (excludes halogenated alkanes) is 1. The second kappa shape index (κ2) is 5.35. The average Bonchev–Trinajstić information content (AvgIpc) is 2.30. The zero-order valence-electron chi connectivity index (χ0n) is 9.86. The molecule has 1 aromatic heterocycles. The monoisotopic (exact) mass is 231 g/mol. The van der Waals surface area contributed by atoms with Crippen molar-refractivity contribution >= 4 is 22.7 Å². The number of aromatic nitrogens is 1. The summed E-state index contributed by atoms with van der Waals surface area (Å²) in [6, 6.07) is 10.7. The maximum atomic E-state index is 4.63. The van der Waals surface area contributed by atoms with Gasteiger partial charge in [0, 0.05) is 16.0 Å². The summed E-state index contributed by atoms with van der Waals surface area (Å²) in [6.07, 6.45) is 2.52. The minimum Gasteiger partial charge on any atom is -0.252 e. The van der Waals surface area contributed by atoms with Crippen LogP contribution in [0.3, 0.4) is 0 Å². The number of rotatable bonds is 4. The van der Waals surface area contributed by atoms with Crippen LogP contribution in [0.25, 0.3) is 10.9 Å². The Morgan fingerprint density at radius 3 is 2.88 bits per heavy atom. The molecule has 0 aliphatic heterocycles. The summed E-state index contributed by atoms with van der Waals surface area (Å²) >= 11 is 1.92. The van der Waals surface area contributed by atoms with Gasteiger partial charge in [-0.2, -0.15) is 0 Å². The normalized spacial score (nSPS) is 10.9. The molecule has 0 aliphatic carbocycles. The van der Waals surface area contributed by atoms with Crippen molar-refractivity contribution in [2.45, 2.75) is 31.6 Å². The van der Waals surface area contributed by atoms with Crippen LogP contribution in [0.4, 0.5) is 0 Å². The highest BCUT2D eigenvalue weighted by atomic mass is 32.2. The van der Waals surface area contributed by atoms with Gasteiger partial charge < -0.3 is 0 Å². The zero-order chi connectivity index (χ0) is 11.4. The highest BCUT2D eigenvalue weighted by Gasteiger charge is 2.02. The topological polar surface area (TPSA) is 12.9 Å². The van der Waals surface area contributed by atoms with Crippen molar-refractivity contribution in [1.29, 1.82) is 0 Å². The summed E-state index contributed by atoms with van der Waals surface area (Å²) in [5.41, 5.74) is 2.25. The highest BCUT2D eigenvalue weighted by Crippen LogP contribution is 2.27. The van der Waals surface area contributed by atoms with E-state index in [1.807, 2.05) is 18.7 Å². The fraction of sp³-hybridized carbons (Fsp3) is 0.357. The molecule has 16 heavy (non-hydrogen) atoms. The molecule has 2 aromatic rings. The van der Waals surface area contributed by atoms with Crippen LogP contribution in [0.2, 0.25) is 0 Å². The van der Waals surface area contributed by atoms with Gasteiger partial charge in [0.2, 0.25) is 0 Å². The number of nitrogens with zero attached hydrogens (tertiary/aromatic N) is 1. The van der Waals surface area contributed by atoms with Crippen LogP contribution in [-0.4, -0.2) is 10.7 Å². The Morgan fingerprint density at radius 2 is 2.06 bits per heavy atom. The molecule has 0 saturated carbocycles. The van der Waals surface area contributed by atoms with Gasteiger partial charge in [-0.25, -0.2) is 0 Å². The fourth-order valence-electron chi connectivity index (χ4n) is 1.66. The first-order valence-corrected chi connectivity index (χ1v) is 6.79. The first kappa shape index (κ1) is 11.5. The number of aryl methyl sites for hydroxylation is 1. The maximum absolute atomic E-state index is 4.63. The number of para-hydroxylation sites is 1. The molecule has 0 saturated heterocycles. The van der Waals surface area contributed by atoms with Gasteiger partial charge in [0.05, 0.1) is 5.52 Å². The van der Waals surface area contributed by atoms with E-state index in [4.69, 9.17) is 0 Å². The van der Waals surface area contributed by atoms with Crippen molar-refractivity contribution in [3.63, 3.8) is 0 Å². The Balaban J connectivity index is 2.32. The highest BCUT2D eigenvalue weighted by molar-refractivity contribution is 7.99. The number of fused-ring (bicyclic) bond motifs is 1. The second-order valence-electron chi connectivity index (χ2n) is 3.98. The second-order valence-corrected chi connectivity index (χ2v) is 5.12. The van der Waals surface area contributed by atoms with Crippen LogP contribution >= 0.6 is 11.8 Å². The van der Waals surface area contributed by atoms with Crippen LogP contribution < -0.4 is 0 Å². The Hall–Kier alpha value is -1.02. The van der Waals surface area contributed by atoms with Gasteiger partial charge in [-0.3, -0.25) is 4.98 Å². The van der Waals surface area contributed by atoms with Crippen molar-refractivity contribution < 1.29 is 0 Å². The quantitative estimate of drug-likeness (QED) is 0.570. The fourth-order valence-corrected chi connectivity index (χ4v) is 2.79.